The molecule has 0 aromatic rings. The molecule has 0 rings (SSSR count). The Hall–Kier alpha value is 0.340. The van der Waals surface area contributed by atoms with Crippen molar-refractivity contribution in [1.29, 1.82) is 0 Å². The number of ether oxygens (including phenoxy) is 1. The van der Waals surface area contributed by atoms with Gasteiger partial charge < -0.3 is 4.74 Å². The SMILES string of the molecule is CCC(=O)OC(C)C.Cl.Cl.Cl. The number of carbonyl (C=O) groups excluding carboxylic acids is 1. The highest BCUT2D eigenvalue weighted by molar-refractivity contribution is 5.86. The smallest absolute Gasteiger partial charge is 0.305 e. The fraction of sp³-hybridized carbons (Fsp3) is 0.833. The summed E-state index contributed by atoms with van der Waals surface area (Å²) in [4.78, 5) is 10.4. The highest BCUT2D eigenvalue weighted by Crippen LogP contribution is 1.90. The van der Waals surface area contributed by atoms with E-state index < -0.39 is 0 Å². The fourth-order valence-electron chi connectivity index (χ4n) is 0.346. The molecule has 0 fully saturated rings. The van der Waals surface area contributed by atoms with Gasteiger partial charge in [-0.15, -0.1) is 37.2 Å². The quantitative estimate of drug-likeness (QED) is 0.676. The lowest BCUT2D eigenvalue weighted by atomic mass is 10.4. The molecule has 2 nitrogen and oxygen atoms in total. The number of halogens is 3. The Morgan fingerprint density at radius 3 is 1.73 bits per heavy atom. The van der Waals surface area contributed by atoms with Gasteiger partial charge in [0.2, 0.25) is 0 Å². The molecule has 0 unspecified atom stereocenters. The molecule has 0 radical (unpaired) electrons. The summed E-state index contributed by atoms with van der Waals surface area (Å²) in [5.41, 5.74) is 0. The first-order valence-electron chi connectivity index (χ1n) is 2.86. The van der Waals surface area contributed by atoms with Crippen LogP contribution in [-0.2, 0) is 9.53 Å². The molecule has 0 saturated heterocycles. The third-order valence-corrected chi connectivity index (χ3v) is 0.656. The first-order chi connectivity index (χ1) is 3.66. The van der Waals surface area contributed by atoms with Gasteiger partial charge in [-0.3, -0.25) is 4.79 Å². The van der Waals surface area contributed by atoms with Gasteiger partial charge >= 0.3 is 5.97 Å². The summed E-state index contributed by atoms with van der Waals surface area (Å²) in [5.74, 6) is -0.125. The lowest BCUT2D eigenvalue weighted by Crippen LogP contribution is -2.09. The molecule has 0 spiro atoms. The lowest BCUT2D eigenvalue weighted by Gasteiger charge is -2.04. The molecule has 0 heterocycles. The molecule has 0 N–H and O–H groups in total. The van der Waals surface area contributed by atoms with Crippen molar-refractivity contribution < 1.29 is 9.53 Å². The number of hydrogen-bond acceptors (Lipinski definition) is 2. The van der Waals surface area contributed by atoms with Gasteiger partial charge in [-0.1, -0.05) is 6.92 Å². The van der Waals surface area contributed by atoms with Crippen LogP contribution in [0.4, 0.5) is 0 Å². The topological polar surface area (TPSA) is 26.3 Å². The van der Waals surface area contributed by atoms with E-state index in [0.29, 0.717) is 6.42 Å². The van der Waals surface area contributed by atoms with Crippen LogP contribution in [0, 0.1) is 0 Å². The van der Waals surface area contributed by atoms with E-state index in [9.17, 15) is 4.79 Å². The molecule has 0 amide bonds. The van der Waals surface area contributed by atoms with Crippen LogP contribution >= 0.6 is 37.2 Å². The van der Waals surface area contributed by atoms with Crippen LogP contribution in [0.3, 0.4) is 0 Å². The van der Waals surface area contributed by atoms with E-state index in [1.54, 1.807) is 6.92 Å². The van der Waals surface area contributed by atoms with Crippen LogP contribution in [0.5, 0.6) is 0 Å². The summed E-state index contributed by atoms with van der Waals surface area (Å²) in [7, 11) is 0. The Morgan fingerprint density at radius 1 is 1.27 bits per heavy atom. The molecule has 11 heavy (non-hydrogen) atoms. The molecule has 72 valence electrons. The molecule has 0 aromatic carbocycles. The van der Waals surface area contributed by atoms with Crippen molar-refractivity contribution >= 4 is 43.2 Å². The van der Waals surface area contributed by atoms with Crippen molar-refractivity contribution in [1.82, 2.24) is 0 Å². The highest BCUT2D eigenvalue weighted by Gasteiger charge is 1.98. The van der Waals surface area contributed by atoms with E-state index in [-0.39, 0.29) is 49.3 Å². The van der Waals surface area contributed by atoms with Crippen molar-refractivity contribution in [3.63, 3.8) is 0 Å². The van der Waals surface area contributed by atoms with E-state index in [4.69, 9.17) is 4.74 Å². The predicted molar refractivity (Wildman–Crippen MR) is 53.3 cm³/mol. The Bertz CT molecular complexity index is 85.9. The van der Waals surface area contributed by atoms with Crippen molar-refractivity contribution in [2.75, 3.05) is 0 Å². The Morgan fingerprint density at radius 2 is 1.64 bits per heavy atom. The van der Waals surface area contributed by atoms with Crippen LogP contribution in [-0.4, -0.2) is 12.1 Å². The Kier molecular flexibility index (Phi) is 26.5. The van der Waals surface area contributed by atoms with Crippen molar-refractivity contribution in [2.24, 2.45) is 0 Å². The minimum atomic E-state index is -0.125. The lowest BCUT2D eigenvalue weighted by molar-refractivity contribution is -0.146. The van der Waals surface area contributed by atoms with Gasteiger partial charge in [-0.2, -0.15) is 0 Å². The second kappa shape index (κ2) is 13.0. The largest absolute Gasteiger partial charge is 0.463 e. The minimum Gasteiger partial charge on any atom is -0.463 e. The highest BCUT2D eigenvalue weighted by atomic mass is 35.5. The van der Waals surface area contributed by atoms with E-state index in [1.165, 1.54) is 0 Å². The average Bonchev–Trinajstić information content (AvgIpc) is 1.65. The number of carbonyl (C=O) groups is 1. The van der Waals surface area contributed by atoms with Gasteiger partial charge in [0.15, 0.2) is 0 Å². The molecule has 0 atom stereocenters. The third kappa shape index (κ3) is 17.9. The van der Waals surface area contributed by atoms with E-state index in [2.05, 4.69) is 0 Å². The summed E-state index contributed by atoms with van der Waals surface area (Å²) < 4.78 is 4.76. The summed E-state index contributed by atoms with van der Waals surface area (Å²) in [6, 6.07) is 0. The summed E-state index contributed by atoms with van der Waals surface area (Å²) in [6.45, 7) is 5.46. The van der Waals surface area contributed by atoms with Gasteiger partial charge in [0.25, 0.3) is 0 Å². The van der Waals surface area contributed by atoms with E-state index in [0.717, 1.165) is 0 Å². The zero-order valence-electron chi connectivity index (χ0n) is 6.83. The van der Waals surface area contributed by atoms with Crippen molar-refractivity contribution in [3.8, 4) is 0 Å². The molecular formula is C6H15Cl3O2. The van der Waals surface area contributed by atoms with Gasteiger partial charge in [0.05, 0.1) is 6.10 Å². The van der Waals surface area contributed by atoms with Gasteiger partial charge in [-0.25, -0.2) is 0 Å². The zero-order valence-corrected chi connectivity index (χ0v) is 9.28. The molecule has 0 aliphatic rings. The van der Waals surface area contributed by atoms with Crippen LogP contribution in [0.25, 0.3) is 0 Å². The minimum absolute atomic E-state index is 0. The number of hydrogen-bond donors (Lipinski definition) is 0. The Balaban J connectivity index is -0.0000000817. The van der Waals surface area contributed by atoms with Crippen LogP contribution in [0.2, 0.25) is 0 Å². The standard InChI is InChI=1S/C6H12O2.3ClH/c1-4-6(7)8-5(2)3;;;/h5H,4H2,1-3H3;3*1H. The maximum atomic E-state index is 10.4. The second-order valence-electron chi connectivity index (χ2n) is 1.89. The van der Waals surface area contributed by atoms with Crippen LogP contribution < -0.4 is 0 Å². The zero-order chi connectivity index (χ0) is 6.57. The second-order valence-corrected chi connectivity index (χ2v) is 1.89. The first kappa shape index (κ1) is 22.5. The van der Waals surface area contributed by atoms with Crippen LogP contribution in [0.1, 0.15) is 27.2 Å². The number of rotatable bonds is 2. The molecule has 0 aliphatic carbocycles. The monoisotopic (exact) mass is 224 g/mol. The van der Waals surface area contributed by atoms with Crippen molar-refractivity contribution in [2.45, 2.75) is 33.3 Å². The fourth-order valence-corrected chi connectivity index (χ4v) is 0.346. The molecule has 5 heteroatoms. The predicted octanol–water partition coefficient (Wildman–Crippen LogP) is 2.61. The summed E-state index contributed by atoms with van der Waals surface area (Å²) in [6.07, 6.45) is 0.500. The molecule has 0 bridgehead atoms. The van der Waals surface area contributed by atoms with Gasteiger partial charge in [0.1, 0.15) is 0 Å². The molecule has 0 aromatic heterocycles. The third-order valence-electron chi connectivity index (χ3n) is 0.656. The van der Waals surface area contributed by atoms with E-state index >= 15 is 0 Å². The Labute approximate surface area is 86.3 Å². The normalized spacial score (nSPS) is 6.91. The molecule has 0 saturated carbocycles. The average molecular weight is 226 g/mol. The summed E-state index contributed by atoms with van der Waals surface area (Å²) in [5, 5.41) is 0. The molecular weight excluding hydrogens is 210 g/mol. The maximum absolute atomic E-state index is 10.4. The molecule has 0 aliphatic heterocycles. The van der Waals surface area contributed by atoms with Gasteiger partial charge in [-0.05, 0) is 13.8 Å². The maximum Gasteiger partial charge on any atom is 0.305 e. The summed E-state index contributed by atoms with van der Waals surface area (Å²) >= 11 is 0. The first-order valence-corrected chi connectivity index (χ1v) is 2.86. The number of esters is 1. The van der Waals surface area contributed by atoms with Gasteiger partial charge in [0, 0.05) is 6.42 Å². The van der Waals surface area contributed by atoms with Crippen molar-refractivity contribution in [3.05, 3.63) is 0 Å². The van der Waals surface area contributed by atoms with E-state index in [1.807, 2.05) is 13.8 Å². The van der Waals surface area contributed by atoms with Crippen LogP contribution in [0.15, 0.2) is 0 Å².